The summed E-state index contributed by atoms with van der Waals surface area (Å²) >= 11 is 0. The highest BCUT2D eigenvalue weighted by Gasteiger charge is 2.26. The van der Waals surface area contributed by atoms with Crippen LogP contribution in [-0.2, 0) is 9.59 Å². The van der Waals surface area contributed by atoms with E-state index in [0.29, 0.717) is 31.9 Å². The van der Waals surface area contributed by atoms with Crippen molar-refractivity contribution in [2.45, 2.75) is 0 Å². The summed E-state index contributed by atoms with van der Waals surface area (Å²) in [5.41, 5.74) is 3.21. The zero-order valence-corrected chi connectivity index (χ0v) is 14.4. The number of amides is 2. The Morgan fingerprint density at radius 3 is 2.62 bits per heavy atom. The van der Waals surface area contributed by atoms with Crippen molar-refractivity contribution in [3.8, 4) is 5.75 Å². The third-order valence-electron chi connectivity index (χ3n) is 4.09. The number of benzene rings is 1. The van der Waals surface area contributed by atoms with Crippen LogP contribution in [0.5, 0.6) is 5.75 Å². The van der Waals surface area contributed by atoms with Gasteiger partial charge in [-0.25, -0.2) is 5.43 Å². The van der Waals surface area contributed by atoms with Gasteiger partial charge in [0.15, 0.2) is 0 Å². The molecule has 8 heteroatoms. The van der Waals surface area contributed by atoms with Crippen LogP contribution in [0.3, 0.4) is 0 Å². The number of hydrazone groups is 1. The number of ether oxygens (including phenoxy) is 1. The van der Waals surface area contributed by atoms with E-state index in [0.717, 1.165) is 11.4 Å². The third kappa shape index (κ3) is 4.02. The van der Waals surface area contributed by atoms with Crippen molar-refractivity contribution < 1.29 is 18.7 Å². The summed E-state index contributed by atoms with van der Waals surface area (Å²) in [6.07, 6.45) is 2.83. The lowest BCUT2D eigenvalue weighted by Crippen LogP contribution is -2.52. The lowest BCUT2D eigenvalue weighted by atomic mass is 10.2. The number of anilines is 1. The fourth-order valence-corrected chi connectivity index (χ4v) is 2.75. The second-order valence-electron chi connectivity index (χ2n) is 5.67. The molecule has 1 saturated heterocycles. The van der Waals surface area contributed by atoms with E-state index in [1.165, 1.54) is 17.4 Å². The molecule has 1 aliphatic rings. The standard InChI is InChI=1S/C18H20N4O4/c1-25-16-7-3-2-6-15(16)21-8-10-22(11-9-21)18(24)17(23)20-19-13-14-5-4-12-26-14/h2-7,12-13H,8-11H2,1H3,(H,20,23)/b19-13-. The molecule has 1 aromatic carbocycles. The molecule has 0 atom stereocenters. The molecule has 2 heterocycles. The SMILES string of the molecule is COc1ccccc1N1CCN(C(=O)C(=O)N/N=C\c2ccco2)CC1. The lowest BCUT2D eigenvalue weighted by Gasteiger charge is -2.36. The molecule has 0 bridgehead atoms. The third-order valence-corrected chi connectivity index (χ3v) is 4.09. The van der Waals surface area contributed by atoms with E-state index in [4.69, 9.17) is 9.15 Å². The quantitative estimate of drug-likeness (QED) is 0.503. The van der Waals surface area contributed by atoms with Crippen molar-refractivity contribution in [2.24, 2.45) is 5.10 Å². The van der Waals surface area contributed by atoms with E-state index in [1.54, 1.807) is 19.2 Å². The predicted molar refractivity (Wildman–Crippen MR) is 96.2 cm³/mol. The van der Waals surface area contributed by atoms with Crippen molar-refractivity contribution in [1.82, 2.24) is 10.3 Å². The van der Waals surface area contributed by atoms with Crippen molar-refractivity contribution in [3.63, 3.8) is 0 Å². The predicted octanol–water partition coefficient (Wildman–Crippen LogP) is 1.09. The number of hydrogen-bond donors (Lipinski definition) is 1. The first-order chi connectivity index (χ1) is 12.7. The van der Waals surface area contributed by atoms with Crippen molar-refractivity contribution in [3.05, 3.63) is 48.4 Å². The van der Waals surface area contributed by atoms with Gasteiger partial charge in [-0.2, -0.15) is 5.10 Å². The molecule has 1 fully saturated rings. The topological polar surface area (TPSA) is 87.4 Å². The first-order valence-electron chi connectivity index (χ1n) is 8.23. The van der Waals surface area contributed by atoms with E-state index in [-0.39, 0.29) is 0 Å². The molecule has 3 rings (SSSR count). The van der Waals surface area contributed by atoms with Gasteiger partial charge in [-0.05, 0) is 24.3 Å². The molecule has 0 radical (unpaired) electrons. The summed E-state index contributed by atoms with van der Waals surface area (Å²) in [6.45, 7) is 2.14. The van der Waals surface area contributed by atoms with Crippen LogP contribution in [0.1, 0.15) is 5.76 Å². The van der Waals surface area contributed by atoms with Gasteiger partial charge in [0.05, 0.1) is 25.3 Å². The minimum absolute atomic E-state index is 0.451. The van der Waals surface area contributed by atoms with Gasteiger partial charge in [-0.3, -0.25) is 9.59 Å². The number of hydrogen-bond acceptors (Lipinski definition) is 6. The Bertz CT molecular complexity index is 780. The average Bonchev–Trinajstić information content (AvgIpc) is 3.21. The number of para-hydroxylation sites is 2. The minimum Gasteiger partial charge on any atom is -0.495 e. The van der Waals surface area contributed by atoms with E-state index < -0.39 is 11.8 Å². The van der Waals surface area contributed by atoms with Gasteiger partial charge in [0.2, 0.25) is 0 Å². The van der Waals surface area contributed by atoms with Crippen LogP contribution in [0.25, 0.3) is 0 Å². The highest BCUT2D eigenvalue weighted by Crippen LogP contribution is 2.28. The number of piperazine rings is 1. The molecule has 0 saturated carbocycles. The van der Waals surface area contributed by atoms with Gasteiger partial charge in [0.25, 0.3) is 0 Å². The van der Waals surface area contributed by atoms with Gasteiger partial charge >= 0.3 is 11.8 Å². The summed E-state index contributed by atoms with van der Waals surface area (Å²) in [5.74, 6) is -0.0831. The summed E-state index contributed by atoms with van der Waals surface area (Å²) in [6, 6.07) is 11.1. The molecule has 2 aromatic rings. The Kier molecular flexibility index (Phi) is 5.52. The molecular formula is C18H20N4O4. The van der Waals surface area contributed by atoms with Crippen molar-refractivity contribution in [1.29, 1.82) is 0 Å². The number of carbonyl (C=O) groups is 2. The molecule has 0 aliphatic carbocycles. The molecular weight excluding hydrogens is 336 g/mol. The van der Waals surface area contributed by atoms with Crippen LogP contribution in [-0.4, -0.2) is 56.2 Å². The highest BCUT2D eigenvalue weighted by molar-refractivity contribution is 6.35. The Balaban J connectivity index is 1.52. The van der Waals surface area contributed by atoms with Gasteiger partial charge in [-0.1, -0.05) is 12.1 Å². The van der Waals surface area contributed by atoms with E-state index in [1.807, 2.05) is 24.3 Å². The molecule has 0 unspecified atom stereocenters. The molecule has 1 aromatic heterocycles. The number of furan rings is 1. The number of methoxy groups -OCH3 is 1. The van der Waals surface area contributed by atoms with Crippen LogP contribution < -0.4 is 15.1 Å². The monoisotopic (exact) mass is 356 g/mol. The first kappa shape index (κ1) is 17.5. The highest BCUT2D eigenvalue weighted by atomic mass is 16.5. The summed E-state index contributed by atoms with van der Waals surface area (Å²) in [5, 5.41) is 3.72. The maximum Gasteiger partial charge on any atom is 0.329 e. The molecule has 26 heavy (non-hydrogen) atoms. The second kappa shape index (κ2) is 8.19. The summed E-state index contributed by atoms with van der Waals surface area (Å²) < 4.78 is 10.4. The number of carbonyl (C=O) groups excluding carboxylic acids is 2. The number of rotatable bonds is 4. The summed E-state index contributed by atoms with van der Waals surface area (Å²) in [7, 11) is 1.63. The molecule has 2 amide bonds. The first-order valence-corrected chi connectivity index (χ1v) is 8.23. The van der Waals surface area contributed by atoms with Gasteiger partial charge in [-0.15, -0.1) is 0 Å². The Morgan fingerprint density at radius 1 is 1.15 bits per heavy atom. The molecule has 8 nitrogen and oxygen atoms in total. The molecule has 0 spiro atoms. The Hall–Kier alpha value is -3.29. The van der Waals surface area contributed by atoms with Crippen LogP contribution >= 0.6 is 0 Å². The van der Waals surface area contributed by atoms with Gasteiger partial charge in [0, 0.05) is 26.2 Å². The zero-order valence-electron chi connectivity index (χ0n) is 14.4. The van der Waals surface area contributed by atoms with E-state index in [2.05, 4.69) is 15.4 Å². The normalized spacial score (nSPS) is 14.5. The molecule has 1 aliphatic heterocycles. The van der Waals surface area contributed by atoms with E-state index in [9.17, 15) is 9.59 Å². The maximum atomic E-state index is 12.2. The van der Waals surface area contributed by atoms with Crippen LogP contribution in [0, 0.1) is 0 Å². The Morgan fingerprint density at radius 2 is 1.92 bits per heavy atom. The van der Waals surface area contributed by atoms with Crippen LogP contribution in [0.2, 0.25) is 0 Å². The summed E-state index contributed by atoms with van der Waals surface area (Å²) in [4.78, 5) is 27.8. The lowest BCUT2D eigenvalue weighted by molar-refractivity contribution is -0.146. The largest absolute Gasteiger partial charge is 0.495 e. The average molecular weight is 356 g/mol. The van der Waals surface area contributed by atoms with Crippen LogP contribution in [0.15, 0.2) is 52.2 Å². The fraction of sp³-hybridized carbons (Fsp3) is 0.278. The second-order valence-corrected chi connectivity index (χ2v) is 5.67. The fourth-order valence-electron chi connectivity index (χ4n) is 2.75. The molecule has 136 valence electrons. The van der Waals surface area contributed by atoms with E-state index >= 15 is 0 Å². The van der Waals surface area contributed by atoms with Crippen molar-refractivity contribution >= 4 is 23.7 Å². The van der Waals surface area contributed by atoms with Crippen molar-refractivity contribution in [2.75, 3.05) is 38.2 Å². The number of nitrogens with zero attached hydrogens (tertiary/aromatic N) is 3. The van der Waals surface area contributed by atoms with Gasteiger partial charge in [0.1, 0.15) is 11.5 Å². The molecule has 1 N–H and O–H groups in total. The van der Waals surface area contributed by atoms with Crippen LogP contribution in [0.4, 0.5) is 5.69 Å². The zero-order chi connectivity index (χ0) is 18.4. The Labute approximate surface area is 151 Å². The minimum atomic E-state index is -0.765. The smallest absolute Gasteiger partial charge is 0.329 e. The maximum absolute atomic E-state index is 12.2. The number of nitrogens with one attached hydrogen (secondary N) is 1. The van der Waals surface area contributed by atoms with Gasteiger partial charge < -0.3 is 19.0 Å².